The normalized spacial score (nSPS) is 24.0. The van der Waals surface area contributed by atoms with Crippen LogP contribution in [0.4, 0.5) is 13.2 Å². The second-order valence-electron chi connectivity index (χ2n) is 6.51. The van der Waals surface area contributed by atoms with Gasteiger partial charge < -0.3 is 9.94 Å². The maximum absolute atomic E-state index is 12.7. The van der Waals surface area contributed by atoms with Crippen LogP contribution in [0.15, 0.2) is 29.4 Å². The van der Waals surface area contributed by atoms with Gasteiger partial charge in [0.2, 0.25) is 0 Å². The Bertz CT molecular complexity index is 613. The first-order chi connectivity index (χ1) is 11.9. The van der Waals surface area contributed by atoms with Crippen LogP contribution in [0.5, 0.6) is 0 Å². The molecule has 0 aromatic heterocycles. The fourth-order valence-corrected chi connectivity index (χ4v) is 3.95. The maximum Gasteiger partial charge on any atom is 0.416 e. The lowest BCUT2D eigenvalue weighted by atomic mass is 9.88. The summed E-state index contributed by atoms with van der Waals surface area (Å²) in [6, 6.07) is 4.79. The second-order valence-corrected chi connectivity index (χ2v) is 7.42. The Morgan fingerprint density at radius 3 is 2.36 bits per heavy atom. The van der Waals surface area contributed by atoms with Gasteiger partial charge in [-0.05, 0) is 59.6 Å². The number of benzene rings is 1. The third-order valence-electron chi connectivity index (χ3n) is 4.99. The molecule has 3 rings (SSSR count). The van der Waals surface area contributed by atoms with Gasteiger partial charge in [-0.15, -0.1) is 0 Å². The Balaban J connectivity index is 1.61. The molecule has 138 valence electrons. The molecular weight excluding hydrogens is 401 g/mol. The van der Waals surface area contributed by atoms with Crippen molar-refractivity contribution in [3.63, 3.8) is 0 Å². The molecule has 1 aromatic rings. The summed E-state index contributed by atoms with van der Waals surface area (Å²) in [6.45, 7) is 1.42. The number of rotatable bonds is 4. The van der Waals surface area contributed by atoms with E-state index in [9.17, 15) is 18.3 Å². The zero-order chi connectivity index (χ0) is 18.0. The Hall–Kier alpha value is -1.12. The summed E-state index contributed by atoms with van der Waals surface area (Å²) < 4.78 is 38.9. The summed E-state index contributed by atoms with van der Waals surface area (Å²) in [4.78, 5) is 7.55. The van der Waals surface area contributed by atoms with Crippen molar-refractivity contribution in [1.29, 1.82) is 0 Å². The molecule has 0 radical (unpaired) electrons. The highest BCUT2D eigenvalue weighted by molar-refractivity contribution is 9.18. The van der Waals surface area contributed by atoms with Crippen molar-refractivity contribution in [1.82, 2.24) is 4.90 Å². The first-order valence-corrected chi connectivity index (χ1v) is 9.08. The van der Waals surface area contributed by atoms with Gasteiger partial charge in [-0.3, -0.25) is 4.90 Å². The number of likely N-dealkylation sites (tertiary alicyclic amines) is 1. The number of hydrogen-bond acceptors (Lipinski definition) is 4. The summed E-state index contributed by atoms with van der Waals surface area (Å²) in [6.07, 6.45) is -1.64. The van der Waals surface area contributed by atoms with E-state index in [2.05, 4.69) is 26.0 Å². The lowest BCUT2D eigenvalue weighted by Gasteiger charge is -2.38. The number of halogens is 4. The number of nitrogens with zero attached hydrogens (tertiary/aromatic N) is 2. The Morgan fingerprint density at radius 2 is 1.88 bits per heavy atom. The van der Waals surface area contributed by atoms with Gasteiger partial charge in [0.1, 0.15) is 10.7 Å². The molecule has 0 spiro atoms. The van der Waals surface area contributed by atoms with Crippen LogP contribution in [0.3, 0.4) is 0 Å². The number of oxime groups is 1. The average Bonchev–Trinajstić information content (AvgIpc) is 3.02. The molecule has 1 saturated heterocycles. The first-order valence-electron chi connectivity index (χ1n) is 8.28. The highest BCUT2D eigenvalue weighted by atomic mass is 79.9. The van der Waals surface area contributed by atoms with E-state index in [0.717, 1.165) is 49.1 Å². The molecule has 0 aliphatic carbocycles. The van der Waals surface area contributed by atoms with E-state index in [1.165, 1.54) is 12.1 Å². The Kier molecular flexibility index (Phi) is 5.70. The smallest absolute Gasteiger partial charge is 0.394 e. The van der Waals surface area contributed by atoms with Gasteiger partial charge in [0.05, 0.1) is 18.2 Å². The average molecular weight is 421 g/mol. The number of aliphatic hydroxyl groups excluding tert-OH is 1. The van der Waals surface area contributed by atoms with E-state index in [1.807, 2.05) is 0 Å². The van der Waals surface area contributed by atoms with E-state index in [1.54, 1.807) is 0 Å². The molecule has 0 saturated carbocycles. The first kappa shape index (κ1) is 18.7. The monoisotopic (exact) mass is 420 g/mol. The molecule has 2 aliphatic heterocycles. The summed E-state index contributed by atoms with van der Waals surface area (Å²) >= 11 is 3.34. The van der Waals surface area contributed by atoms with Crippen molar-refractivity contribution in [3.05, 3.63) is 35.4 Å². The standard InChI is InChI=1S/C17H20BrF3N2O2/c18-16-9-15(25-22-16)12-5-7-23(8-6-12)14(10-24)11-1-3-13(4-2-11)17(19,20)21/h1-4,12,14-15,24H,5-10H2/t14-,15+/m0/s1. The molecule has 0 bridgehead atoms. The molecule has 2 aliphatic rings. The predicted octanol–water partition coefficient (Wildman–Crippen LogP) is 3.95. The quantitative estimate of drug-likeness (QED) is 0.801. The summed E-state index contributed by atoms with van der Waals surface area (Å²) in [7, 11) is 0. The molecule has 0 amide bonds. The lowest BCUT2D eigenvalue weighted by Crippen LogP contribution is -2.41. The molecule has 2 heterocycles. The molecule has 1 fully saturated rings. The number of piperidine rings is 1. The van der Waals surface area contributed by atoms with E-state index < -0.39 is 11.7 Å². The Labute approximate surface area is 152 Å². The molecule has 8 heteroatoms. The van der Waals surface area contributed by atoms with Crippen LogP contribution in [-0.4, -0.2) is 40.4 Å². The van der Waals surface area contributed by atoms with Crippen LogP contribution in [-0.2, 0) is 11.0 Å². The molecule has 1 N–H and O–H groups in total. The van der Waals surface area contributed by atoms with Gasteiger partial charge in [-0.1, -0.05) is 17.3 Å². The maximum atomic E-state index is 12.7. The van der Waals surface area contributed by atoms with Gasteiger partial charge in [-0.25, -0.2) is 0 Å². The second kappa shape index (κ2) is 7.63. The highest BCUT2D eigenvalue weighted by Crippen LogP contribution is 2.34. The van der Waals surface area contributed by atoms with Gasteiger partial charge in [-0.2, -0.15) is 13.2 Å². The zero-order valence-corrected chi connectivity index (χ0v) is 15.1. The van der Waals surface area contributed by atoms with E-state index >= 15 is 0 Å². The van der Waals surface area contributed by atoms with Gasteiger partial charge in [0.25, 0.3) is 0 Å². The van der Waals surface area contributed by atoms with Crippen LogP contribution in [0, 0.1) is 5.92 Å². The van der Waals surface area contributed by atoms with Crippen molar-refractivity contribution in [2.45, 2.75) is 37.6 Å². The van der Waals surface area contributed by atoms with Crippen molar-refractivity contribution >= 4 is 20.6 Å². The highest BCUT2D eigenvalue weighted by Gasteiger charge is 2.34. The minimum absolute atomic E-state index is 0.0928. The van der Waals surface area contributed by atoms with Crippen molar-refractivity contribution in [2.75, 3.05) is 19.7 Å². The van der Waals surface area contributed by atoms with Gasteiger partial charge in [0, 0.05) is 12.3 Å². The number of alkyl halides is 3. The van der Waals surface area contributed by atoms with Crippen LogP contribution < -0.4 is 0 Å². The summed E-state index contributed by atoms with van der Waals surface area (Å²) in [5.74, 6) is 0.405. The van der Waals surface area contributed by atoms with Crippen LogP contribution >= 0.6 is 15.9 Å². The van der Waals surface area contributed by atoms with Crippen molar-refractivity contribution < 1.29 is 23.1 Å². The summed E-state index contributed by atoms with van der Waals surface area (Å²) in [5.41, 5.74) is 0.0350. The Morgan fingerprint density at radius 1 is 1.24 bits per heavy atom. The number of aliphatic hydroxyl groups is 1. The largest absolute Gasteiger partial charge is 0.416 e. The topological polar surface area (TPSA) is 45.1 Å². The van der Waals surface area contributed by atoms with E-state index in [-0.39, 0.29) is 18.8 Å². The minimum atomic E-state index is -4.34. The molecule has 25 heavy (non-hydrogen) atoms. The van der Waals surface area contributed by atoms with E-state index in [0.29, 0.717) is 11.5 Å². The van der Waals surface area contributed by atoms with Crippen LogP contribution in [0.2, 0.25) is 0 Å². The molecule has 4 nitrogen and oxygen atoms in total. The third kappa shape index (κ3) is 4.35. The van der Waals surface area contributed by atoms with Gasteiger partial charge >= 0.3 is 6.18 Å². The fourth-order valence-electron chi connectivity index (χ4n) is 3.55. The molecule has 1 aromatic carbocycles. The van der Waals surface area contributed by atoms with Crippen LogP contribution in [0.1, 0.15) is 36.4 Å². The molecule has 2 atom stereocenters. The number of hydrogen-bond donors (Lipinski definition) is 1. The zero-order valence-electron chi connectivity index (χ0n) is 13.5. The van der Waals surface area contributed by atoms with Crippen molar-refractivity contribution in [3.8, 4) is 0 Å². The molecule has 0 unspecified atom stereocenters. The van der Waals surface area contributed by atoms with Crippen LogP contribution in [0.25, 0.3) is 0 Å². The SMILES string of the molecule is OC[C@@H](c1ccc(C(F)(F)F)cc1)N1CCC([C@H]2CC(Br)=NO2)CC1. The summed E-state index contributed by atoms with van der Waals surface area (Å²) in [5, 5.41) is 13.7. The van der Waals surface area contributed by atoms with Crippen molar-refractivity contribution in [2.24, 2.45) is 11.1 Å². The minimum Gasteiger partial charge on any atom is -0.394 e. The lowest BCUT2D eigenvalue weighted by molar-refractivity contribution is -0.137. The molecular formula is C17H20BrF3N2O2. The third-order valence-corrected chi connectivity index (χ3v) is 5.46. The van der Waals surface area contributed by atoms with E-state index in [4.69, 9.17) is 4.84 Å². The fraction of sp³-hybridized carbons (Fsp3) is 0.588. The predicted molar refractivity (Wildman–Crippen MR) is 91.4 cm³/mol. The van der Waals surface area contributed by atoms with Gasteiger partial charge in [0.15, 0.2) is 0 Å².